The molecule has 13 heavy (non-hydrogen) atoms. The second-order valence-corrected chi connectivity index (χ2v) is 4.94. The van der Waals surface area contributed by atoms with Crippen LogP contribution in [0, 0.1) is 5.41 Å². The van der Waals surface area contributed by atoms with E-state index in [0.717, 1.165) is 19.3 Å². The third-order valence-corrected chi connectivity index (χ3v) is 3.64. The van der Waals surface area contributed by atoms with Crippen molar-refractivity contribution in [3.05, 3.63) is 0 Å². The van der Waals surface area contributed by atoms with Gasteiger partial charge in [-0.15, -0.1) is 0 Å². The van der Waals surface area contributed by atoms with Crippen molar-refractivity contribution in [1.82, 2.24) is 0 Å². The zero-order valence-electron chi connectivity index (χ0n) is 9.09. The predicted molar refractivity (Wildman–Crippen MR) is 51.5 cm³/mol. The Labute approximate surface area is 80.6 Å². The Bertz CT molecular complexity index is 204. The summed E-state index contributed by atoms with van der Waals surface area (Å²) >= 11 is 0. The summed E-state index contributed by atoms with van der Waals surface area (Å²) < 4.78 is 11.9. The van der Waals surface area contributed by atoms with Crippen molar-refractivity contribution in [2.45, 2.75) is 65.0 Å². The number of ether oxygens (including phenoxy) is 2. The first kappa shape index (κ1) is 9.47. The lowest BCUT2D eigenvalue weighted by atomic mass is 10.0. The lowest BCUT2D eigenvalue weighted by Gasteiger charge is -2.35. The van der Waals surface area contributed by atoms with Gasteiger partial charge in [-0.1, -0.05) is 13.8 Å². The van der Waals surface area contributed by atoms with E-state index in [0.29, 0.717) is 12.2 Å². The standard InChI is InChI=1S/C11H20O2/c1-5-10(4)7-11(10)12-8(2)6-9(3)13-11/h8-9H,5-7H2,1-4H3/t8-,9-,10+/m1/s1. The molecule has 2 nitrogen and oxygen atoms in total. The van der Waals surface area contributed by atoms with Crippen molar-refractivity contribution in [2.24, 2.45) is 5.41 Å². The summed E-state index contributed by atoms with van der Waals surface area (Å²) in [6.07, 6.45) is 3.97. The van der Waals surface area contributed by atoms with Crippen LogP contribution < -0.4 is 0 Å². The summed E-state index contributed by atoms with van der Waals surface area (Å²) in [5.41, 5.74) is 0.274. The number of rotatable bonds is 1. The van der Waals surface area contributed by atoms with Crippen LogP contribution in [0.15, 0.2) is 0 Å². The molecule has 0 N–H and O–H groups in total. The van der Waals surface area contributed by atoms with Gasteiger partial charge in [0.1, 0.15) is 0 Å². The topological polar surface area (TPSA) is 18.5 Å². The SMILES string of the molecule is CC[C@@]1(C)CC12O[C@H](C)C[C@@H](C)O2. The molecule has 2 aliphatic rings. The Kier molecular flexibility index (Phi) is 1.97. The first-order valence-corrected chi connectivity index (χ1v) is 5.37. The van der Waals surface area contributed by atoms with Gasteiger partial charge < -0.3 is 9.47 Å². The van der Waals surface area contributed by atoms with Gasteiger partial charge in [-0.05, 0) is 26.7 Å². The Morgan fingerprint density at radius 1 is 1.23 bits per heavy atom. The Morgan fingerprint density at radius 2 is 1.77 bits per heavy atom. The average Bonchev–Trinajstić information content (AvgIpc) is 2.53. The molecule has 1 saturated carbocycles. The van der Waals surface area contributed by atoms with E-state index in [1.807, 2.05) is 0 Å². The number of hydrogen-bond donors (Lipinski definition) is 0. The maximum Gasteiger partial charge on any atom is 0.175 e. The molecule has 0 bridgehead atoms. The summed E-state index contributed by atoms with van der Waals surface area (Å²) in [6, 6.07) is 0. The average molecular weight is 184 g/mol. The Morgan fingerprint density at radius 3 is 2.15 bits per heavy atom. The molecule has 0 aromatic carbocycles. The third kappa shape index (κ3) is 1.31. The molecule has 0 radical (unpaired) electrons. The van der Waals surface area contributed by atoms with Crippen LogP contribution in [0.4, 0.5) is 0 Å². The predicted octanol–water partition coefficient (Wildman–Crippen LogP) is 2.72. The van der Waals surface area contributed by atoms with Crippen LogP contribution in [0.5, 0.6) is 0 Å². The van der Waals surface area contributed by atoms with Crippen LogP contribution in [-0.4, -0.2) is 18.0 Å². The third-order valence-electron chi connectivity index (χ3n) is 3.64. The molecule has 1 aliphatic carbocycles. The Balaban J connectivity index is 2.09. The van der Waals surface area contributed by atoms with E-state index in [-0.39, 0.29) is 11.2 Å². The second-order valence-electron chi connectivity index (χ2n) is 4.94. The van der Waals surface area contributed by atoms with Crippen LogP contribution in [0.2, 0.25) is 0 Å². The van der Waals surface area contributed by atoms with Gasteiger partial charge >= 0.3 is 0 Å². The maximum absolute atomic E-state index is 5.94. The molecule has 2 heteroatoms. The maximum atomic E-state index is 5.94. The summed E-state index contributed by atoms with van der Waals surface area (Å²) in [4.78, 5) is 0. The van der Waals surface area contributed by atoms with Gasteiger partial charge in [0, 0.05) is 11.8 Å². The van der Waals surface area contributed by atoms with Crippen LogP contribution in [0.1, 0.15) is 47.0 Å². The molecule has 3 atom stereocenters. The first-order chi connectivity index (χ1) is 6.01. The largest absolute Gasteiger partial charge is 0.346 e. The molecule has 0 amide bonds. The molecule has 0 aromatic rings. The minimum absolute atomic E-state index is 0.223. The zero-order chi connectivity index (χ0) is 9.69. The molecule has 1 heterocycles. The smallest absolute Gasteiger partial charge is 0.175 e. The molecular formula is C11H20O2. The quantitative estimate of drug-likeness (QED) is 0.624. The van der Waals surface area contributed by atoms with E-state index in [4.69, 9.17) is 9.47 Å². The molecule has 2 fully saturated rings. The van der Waals surface area contributed by atoms with Crippen molar-refractivity contribution in [1.29, 1.82) is 0 Å². The van der Waals surface area contributed by atoms with Crippen LogP contribution >= 0.6 is 0 Å². The van der Waals surface area contributed by atoms with Gasteiger partial charge in [0.05, 0.1) is 12.2 Å². The van der Waals surface area contributed by atoms with E-state index in [9.17, 15) is 0 Å². The summed E-state index contributed by atoms with van der Waals surface area (Å²) in [5, 5.41) is 0. The lowest BCUT2D eigenvalue weighted by Crippen LogP contribution is -2.40. The van der Waals surface area contributed by atoms with E-state index >= 15 is 0 Å². The van der Waals surface area contributed by atoms with Gasteiger partial charge in [-0.25, -0.2) is 0 Å². The normalized spacial score (nSPS) is 55.4. The molecule has 0 aromatic heterocycles. The minimum atomic E-state index is -0.223. The highest BCUT2D eigenvalue weighted by Gasteiger charge is 2.68. The molecule has 76 valence electrons. The molecular weight excluding hydrogens is 164 g/mol. The van der Waals surface area contributed by atoms with Gasteiger partial charge in [-0.2, -0.15) is 0 Å². The second kappa shape index (κ2) is 2.71. The highest BCUT2D eigenvalue weighted by Crippen LogP contribution is 2.63. The van der Waals surface area contributed by atoms with E-state index < -0.39 is 0 Å². The highest BCUT2D eigenvalue weighted by atomic mass is 16.7. The summed E-state index contributed by atoms with van der Waals surface area (Å²) in [6.45, 7) is 8.77. The number of hydrogen-bond acceptors (Lipinski definition) is 2. The summed E-state index contributed by atoms with van der Waals surface area (Å²) in [7, 11) is 0. The molecule has 2 rings (SSSR count). The molecule has 0 unspecified atom stereocenters. The lowest BCUT2D eigenvalue weighted by molar-refractivity contribution is -0.272. The fourth-order valence-corrected chi connectivity index (χ4v) is 2.47. The molecule has 1 spiro atoms. The van der Waals surface area contributed by atoms with Crippen molar-refractivity contribution >= 4 is 0 Å². The van der Waals surface area contributed by atoms with Gasteiger partial charge in [0.25, 0.3) is 0 Å². The van der Waals surface area contributed by atoms with E-state index in [1.54, 1.807) is 0 Å². The minimum Gasteiger partial charge on any atom is -0.346 e. The van der Waals surface area contributed by atoms with Crippen molar-refractivity contribution in [3.63, 3.8) is 0 Å². The monoisotopic (exact) mass is 184 g/mol. The fourth-order valence-electron chi connectivity index (χ4n) is 2.47. The van der Waals surface area contributed by atoms with Gasteiger partial charge in [0.15, 0.2) is 5.79 Å². The van der Waals surface area contributed by atoms with E-state index in [2.05, 4.69) is 27.7 Å². The summed E-state index contributed by atoms with van der Waals surface area (Å²) in [5.74, 6) is -0.223. The van der Waals surface area contributed by atoms with Gasteiger partial charge in [0.2, 0.25) is 0 Å². The molecule has 1 saturated heterocycles. The van der Waals surface area contributed by atoms with Crippen LogP contribution in [-0.2, 0) is 9.47 Å². The fraction of sp³-hybridized carbons (Fsp3) is 1.00. The van der Waals surface area contributed by atoms with Crippen LogP contribution in [0.25, 0.3) is 0 Å². The Hall–Kier alpha value is -0.0800. The van der Waals surface area contributed by atoms with Crippen molar-refractivity contribution < 1.29 is 9.47 Å². The van der Waals surface area contributed by atoms with Crippen molar-refractivity contribution in [2.75, 3.05) is 0 Å². The molecule has 1 aliphatic heterocycles. The van der Waals surface area contributed by atoms with Gasteiger partial charge in [-0.3, -0.25) is 0 Å². The van der Waals surface area contributed by atoms with E-state index in [1.165, 1.54) is 0 Å². The van der Waals surface area contributed by atoms with Crippen LogP contribution in [0.3, 0.4) is 0 Å². The van der Waals surface area contributed by atoms with Crippen molar-refractivity contribution in [3.8, 4) is 0 Å². The highest BCUT2D eigenvalue weighted by molar-refractivity contribution is 5.10. The first-order valence-electron chi connectivity index (χ1n) is 5.37. The zero-order valence-corrected chi connectivity index (χ0v) is 9.09.